The van der Waals surface area contributed by atoms with E-state index in [1.807, 2.05) is 13.8 Å². The topological polar surface area (TPSA) is 91.1 Å². The zero-order chi connectivity index (χ0) is 24.7. The fourth-order valence-electron chi connectivity index (χ4n) is 3.59. The first-order valence-electron chi connectivity index (χ1n) is 11.2. The first-order chi connectivity index (χ1) is 16.1. The summed E-state index contributed by atoms with van der Waals surface area (Å²) in [5.41, 5.74) is -0.346. The standard InChI is InChI=1S/C23H31F3N4O4/c1-16(2)33-14-19(31)12-29-6-8-30(9-7-29)13-21-28-20(15-34-21)22(32)27-11-17-4-3-5-18(10-17)23(24,25)26/h3-5,10,15-16,19,31H,6-9,11-14H2,1-2H3,(H,27,32)/t19-/m0/s1. The molecule has 1 aromatic carbocycles. The number of piperazine rings is 1. The average molecular weight is 485 g/mol. The molecule has 1 aromatic heterocycles. The van der Waals surface area contributed by atoms with Crippen LogP contribution in [-0.2, 0) is 24.0 Å². The number of halogens is 3. The van der Waals surface area contributed by atoms with Crippen molar-refractivity contribution in [1.82, 2.24) is 20.1 Å². The van der Waals surface area contributed by atoms with Crippen LogP contribution in [0.1, 0.15) is 41.4 Å². The Labute approximate surface area is 196 Å². The van der Waals surface area contributed by atoms with Crippen molar-refractivity contribution in [3.63, 3.8) is 0 Å². The van der Waals surface area contributed by atoms with E-state index in [2.05, 4.69) is 20.1 Å². The minimum absolute atomic E-state index is 0.0546. The van der Waals surface area contributed by atoms with E-state index in [-0.39, 0.29) is 18.3 Å². The van der Waals surface area contributed by atoms with Gasteiger partial charge in [-0.3, -0.25) is 14.6 Å². The molecule has 0 unspecified atom stereocenters. The van der Waals surface area contributed by atoms with Crippen molar-refractivity contribution in [3.8, 4) is 0 Å². The Morgan fingerprint density at radius 3 is 2.62 bits per heavy atom. The van der Waals surface area contributed by atoms with E-state index in [9.17, 15) is 23.1 Å². The molecule has 2 aromatic rings. The van der Waals surface area contributed by atoms with Crippen molar-refractivity contribution in [2.75, 3.05) is 39.3 Å². The normalized spacial score (nSPS) is 16.7. The van der Waals surface area contributed by atoms with Crippen molar-refractivity contribution in [3.05, 3.63) is 53.2 Å². The lowest BCUT2D eigenvalue weighted by Gasteiger charge is -2.35. The molecule has 1 fully saturated rings. The molecule has 1 atom stereocenters. The molecule has 11 heteroatoms. The first kappa shape index (κ1) is 26.1. The van der Waals surface area contributed by atoms with Gasteiger partial charge in [0.1, 0.15) is 6.26 Å². The number of nitrogens with zero attached hydrogens (tertiary/aromatic N) is 3. The highest BCUT2D eigenvalue weighted by atomic mass is 19.4. The molecule has 0 radical (unpaired) electrons. The molecule has 1 saturated heterocycles. The number of nitrogens with one attached hydrogen (secondary N) is 1. The van der Waals surface area contributed by atoms with Crippen molar-refractivity contribution in [2.24, 2.45) is 0 Å². The monoisotopic (exact) mass is 484 g/mol. The van der Waals surface area contributed by atoms with Gasteiger partial charge in [0.15, 0.2) is 5.69 Å². The van der Waals surface area contributed by atoms with Crippen LogP contribution in [0.25, 0.3) is 0 Å². The van der Waals surface area contributed by atoms with Gasteiger partial charge in [-0.25, -0.2) is 4.98 Å². The van der Waals surface area contributed by atoms with Crippen LogP contribution in [0.5, 0.6) is 0 Å². The average Bonchev–Trinajstić information content (AvgIpc) is 3.25. The number of ether oxygens (including phenoxy) is 1. The number of aliphatic hydroxyl groups excluding tert-OH is 1. The van der Waals surface area contributed by atoms with E-state index >= 15 is 0 Å². The number of rotatable bonds is 10. The third-order valence-electron chi connectivity index (χ3n) is 5.41. The second kappa shape index (κ2) is 11.8. The van der Waals surface area contributed by atoms with Crippen molar-refractivity contribution >= 4 is 5.91 Å². The number of alkyl halides is 3. The molecule has 0 aliphatic carbocycles. The van der Waals surface area contributed by atoms with Gasteiger partial charge in [0.05, 0.1) is 30.9 Å². The van der Waals surface area contributed by atoms with Gasteiger partial charge in [0.2, 0.25) is 5.89 Å². The SMILES string of the molecule is CC(C)OC[C@@H](O)CN1CCN(Cc2nc(C(=O)NCc3cccc(C(F)(F)F)c3)co2)CC1. The summed E-state index contributed by atoms with van der Waals surface area (Å²) in [6.07, 6.45) is -3.63. The van der Waals surface area contributed by atoms with E-state index in [1.165, 1.54) is 18.4 Å². The molecule has 1 amide bonds. The van der Waals surface area contributed by atoms with Crippen LogP contribution < -0.4 is 5.32 Å². The molecule has 2 N–H and O–H groups in total. The largest absolute Gasteiger partial charge is 0.447 e. The summed E-state index contributed by atoms with van der Waals surface area (Å²) in [5, 5.41) is 12.6. The molecular weight excluding hydrogens is 453 g/mol. The molecule has 3 rings (SSSR count). The highest BCUT2D eigenvalue weighted by Crippen LogP contribution is 2.29. The maximum absolute atomic E-state index is 12.8. The van der Waals surface area contributed by atoms with Crippen LogP contribution in [0.2, 0.25) is 0 Å². The third kappa shape index (κ3) is 8.08. The van der Waals surface area contributed by atoms with Gasteiger partial charge in [0, 0.05) is 39.3 Å². The Kier molecular flexibility index (Phi) is 9.06. The number of β-amino-alcohol motifs (C(OH)–C–C–N with tert-alkyl or cyclic N) is 1. The molecule has 188 valence electrons. The number of aliphatic hydroxyl groups is 1. The summed E-state index contributed by atoms with van der Waals surface area (Å²) in [6.45, 7) is 8.19. The summed E-state index contributed by atoms with van der Waals surface area (Å²) < 4.78 is 49.3. The second-order valence-corrected chi connectivity index (χ2v) is 8.62. The number of oxazole rings is 1. The molecule has 34 heavy (non-hydrogen) atoms. The highest BCUT2D eigenvalue weighted by Gasteiger charge is 2.30. The minimum Gasteiger partial charge on any atom is -0.447 e. The lowest BCUT2D eigenvalue weighted by molar-refractivity contribution is -0.137. The van der Waals surface area contributed by atoms with Gasteiger partial charge in [-0.2, -0.15) is 13.2 Å². The van der Waals surface area contributed by atoms with Gasteiger partial charge in [-0.1, -0.05) is 12.1 Å². The fraction of sp³-hybridized carbons (Fsp3) is 0.565. The number of hydrogen-bond acceptors (Lipinski definition) is 7. The molecule has 1 aliphatic rings. The van der Waals surface area contributed by atoms with E-state index < -0.39 is 23.8 Å². The lowest BCUT2D eigenvalue weighted by atomic mass is 10.1. The Bertz CT molecular complexity index is 927. The highest BCUT2D eigenvalue weighted by molar-refractivity contribution is 5.91. The van der Waals surface area contributed by atoms with Gasteiger partial charge in [0.25, 0.3) is 5.91 Å². The second-order valence-electron chi connectivity index (χ2n) is 8.62. The summed E-state index contributed by atoms with van der Waals surface area (Å²) in [6, 6.07) is 4.81. The molecule has 0 spiro atoms. The molecule has 2 heterocycles. The maximum atomic E-state index is 12.8. The lowest BCUT2D eigenvalue weighted by Crippen LogP contribution is -2.48. The third-order valence-corrected chi connectivity index (χ3v) is 5.41. The van der Waals surface area contributed by atoms with Gasteiger partial charge < -0.3 is 19.6 Å². The van der Waals surface area contributed by atoms with Crippen molar-refractivity contribution in [2.45, 2.75) is 45.3 Å². The van der Waals surface area contributed by atoms with E-state index in [0.29, 0.717) is 31.2 Å². The zero-order valence-electron chi connectivity index (χ0n) is 19.3. The van der Waals surface area contributed by atoms with Crippen LogP contribution in [0, 0.1) is 0 Å². The first-order valence-corrected chi connectivity index (χ1v) is 11.2. The summed E-state index contributed by atoms with van der Waals surface area (Å²) in [4.78, 5) is 20.9. The Morgan fingerprint density at radius 1 is 1.24 bits per heavy atom. The summed E-state index contributed by atoms with van der Waals surface area (Å²) >= 11 is 0. The molecule has 0 bridgehead atoms. The van der Waals surface area contributed by atoms with Gasteiger partial charge in [-0.05, 0) is 31.5 Å². The Morgan fingerprint density at radius 2 is 1.94 bits per heavy atom. The Balaban J connectivity index is 1.42. The van der Waals surface area contributed by atoms with Crippen LogP contribution in [0.15, 0.2) is 34.9 Å². The number of carbonyl (C=O) groups is 1. The van der Waals surface area contributed by atoms with Crippen molar-refractivity contribution in [1.29, 1.82) is 0 Å². The minimum atomic E-state index is -4.44. The number of benzene rings is 1. The molecule has 1 aliphatic heterocycles. The number of aromatic nitrogens is 1. The fourth-order valence-corrected chi connectivity index (χ4v) is 3.59. The zero-order valence-corrected chi connectivity index (χ0v) is 19.3. The van der Waals surface area contributed by atoms with Crippen LogP contribution in [-0.4, -0.2) is 77.3 Å². The van der Waals surface area contributed by atoms with Crippen molar-refractivity contribution < 1.29 is 32.2 Å². The summed E-state index contributed by atoms with van der Waals surface area (Å²) in [5.74, 6) is -0.127. The smallest absolute Gasteiger partial charge is 0.416 e. The van der Waals surface area contributed by atoms with Crippen LogP contribution in [0.3, 0.4) is 0 Å². The molecule has 8 nitrogen and oxygen atoms in total. The van der Waals surface area contributed by atoms with E-state index in [4.69, 9.17) is 9.15 Å². The molecular formula is C23H31F3N4O4. The van der Waals surface area contributed by atoms with Gasteiger partial charge >= 0.3 is 6.18 Å². The van der Waals surface area contributed by atoms with E-state index in [1.54, 1.807) is 0 Å². The molecule has 0 saturated carbocycles. The van der Waals surface area contributed by atoms with Gasteiger partial charge in [-0.15, -0.1) is 0 Å². The Hall–Kier alpha value is -2.47. The predicted octanol–water partition coefficient (Wildman–Crippen LogP) is 2.53. The summed E-state index contributed by atoms with van der Waals surface area (Å²) in [7, 11) is 0. The number of amides is 1. The quantitative estimate of drug-likeness (QED) is 0.536. The maximum Gasteiger partial charge on any atom is 0.416 e. The van der Waals surface area contributed by atoms with E-state index in [0.717, 1.165) is 38.3 Å². The number of carbonyl (C=O) groups excluding carboxylic acids is 1. The predicted molar refractivity (Wildman–Crippen MR) is 118 cm³/mol. The van der Waals surface area contributed by atoms with Crippen LogP contribution >= 0.6 is 0 Å². The van der Waals surface area contributed by atoms with Crippen LogP contribution in [0.4, 0.5) is 13.2 Å². The number of hydrogen-bond donors (Lipinski definition) is 2.